The summed E-state index contributed by atoms with van der Waals surface area (Å²) in [5.74, 6) is 5.78. The highest BCUT2D eigenvalue weighted by molar-refractivity contribution is 6.07. The third-order valence-corrected chi connectivity index (χ3v) is 5.18. The third-order valence-electron chi connectivity index (χ3n) is 5.18. The Morgan fingerprint density at radius 3 is 2.29 bits per heavy atom. The van der Waals surface area contributed by atoms with Crippen LogP contribution in [0.25, 0.3) is 11.0 Å². The Labute approximate surface area is 204 Å². The van der Waals surface area contributed by atoms with Gasteiger partial charge in [0.15, 0.2) is 0 Å². The molecule has 0 radical (unpaired) electrons. The number of hydrogen-bond donors (Lipinski definition) is 2. The van der Waals surface area contributed by atoms with Gasteiger partial charge in [-0.05, 0) is 81.8 Å². The summed E-state index contributed by atoms with van der Waals surface area (Å²) in [6, 6.07) is 17.8. The van der Waals surface area contributed by atoms with Gasteiger partial charge >= 0.3 is 0 Å². The first-order chi connectivity index (χ1) is 16.7. The van der Waals surface area contributed by atoms with E-state index in [0.717, 1.165) is 16.6 Å². The molecule has 3 aromatic carbocycles. The molecule has 0 atom stereocenters. The van der Waals surface area contributed by atoms with E-state index in [2.05, 4.69) is 32.4 Å². The molecule has 1 heterocycles. The number of aryl methyl sites for hydroxylation is 1. The third kappa shape index (κ3) is 6.10. The number of aromatic nitrogens is 2. The topological polar surface area (TPSA) is 84.0 Å². The van der Waals surface area contributed by atoms with Crippen LogP contribution in [0.1, 0.15) is 52.6 Å². The number of hydrogen-bond acceptors (Lipinski definition) is 4. The van der Waals surface area contributed by atoms with E-state index in [1.165, 1.54) is 0 Å². The maximum absolute atomic E-state index is 12.9. The fraction of sp³-hybridized carbons (Fsp3) is 0.172. The predicted molar refractivity (Wildman–Crippen MR) is 139 cm³/mol. The highest BCUT2D eigenvalue weighted by Gasteiger charge is 2.12. The van der Waals surface area contributed by atoms with Gasteiger partial charge in [0.1, 0.15) is 0 Å². The molecule has 0 bridgehead atoms. The fourth-order valence-electron chi connectivity index (χ4n) is 3.33. The summed E-state index contributed by atoms with van der Waals surface area (Å²) < 4.78 is 0. The van der Waals surface area contributed by atoms with E-state index >= 15 is 0 Å². The molecule has 6 heteroatoms. The lowest BCUT2D eigenvalue weighted by Crippen LogP contribution is -2.15. The lowest BCUT2D eigenvalue weighted by atomic mass is 9.97. The minimum atomic E-state index is -0.269. The van der Waals surface area contributed by atoms with Crippen LogP contribution in [0.2, 0.25) is 0 Å². The maximum Gasteiger partial charge on any atom is 0.255 e. The first-order valence-corrected chi connectivity index (χ1v) is 11.3. The van der Waals surface area contributed by atoms with Crippen molar-refractivity contribution in [3.63, 3.8) is 0 Å². The van der Waals surface area contributed by atoms with Crippen molar-refractivity contribution >= 4 is 34.2 Å². The SMILES string of the molecule is Cc1ccc(NC(=O)c2cccc(C#CC(C)(C)C)c2)cc1NC(=O)c1ccc2nccnc2c1. The number of anilines is 2. The smallest absolute Gasteiger partial charge is 0.255 e. The Balaban J connectivity index is 1.50. The van der Waals surface area contributed by atoms with Gasteiger partial charge in [0.05, 0.1) is 11.0 Å². The number of rotatable bonds is 4. The molecule has 0 spiro atoms. The number of benzene rings is 3. The summed E-state index contributed by atoms with van der Waals surface area (Å²) in [6.45, 7) is 8.01. The van der Waals surface area contributed by atoms with Crippen molar-refractivity contribution in [3.05, 3.63) is 95.3 Å². The monoisotopic (exact) mass is 462 g/mol. The van der Waals surface area contributed by atoms with Gasteiger partial charge < -0.3 is 10.6 Å². The standard InChI is InChI=1S/C29H26N4O2/c1-19-8-10-23(32-27(34)21-7-5-6-20(16-21)12-13-29(2,3)4)18-25(19)33-28(35)22-9-11-24-26(17-22)31-15-14-30-24/h5-11,14-18H,1-4H3,(H,32,34)(H,33,35). The van der Waals surface area contributed by atoms with Gasteiger partial charge in [-0.2, -0.15) is 0 Å². The van der Waals surface area contributed by atoms with Crippen molar-refractivity contribution in [1.82, 2.24) is 9.97 Å². The molecule has 0 fully saturated rings. The number of amides is 2. The number of nitrogens with zero attached hydrogens (tertiary/aromatic N) is 2. The normalized spacial score (nSPS) is 10.9. The van der Waals surface area contributed by atoms with Crippen molar-refractivity contribution in [2.24, 2.45) is 5.41 Å². The van der Waals surface area contributed by atoms with E-state index < -0.39 is 0 Å². The van der Waals surface area contributed by atoms with E-state index in [1.54, 1.807) is 54.9 Å². The number of carbonyl (C=O) groups excluding carboxylic acids is 2. The Hall–Kier alpha value is -4.50. The molecule has 0 aliphatic heterocycles. The van der Waals surface area contributed by atoms with Crippen molar-refractivity contribution in [1.29, 1.82) is 0 Å². The van der Waals surface area contributed by atoms with Crippen LogP contribution >= 0.6 is 0 Å². The highest BCUT2D eigenvalue weighted by atomic mass is 16.2. The summed E-state index contributed by atoms with van der Waals surface area (Å²) in [5, 5.41) is 5.83. The first-order valence-electron chi connectivity index (χ1n) is 11.3. The van der Waals surface area contributed by atoms with E-state index in [4.69, 9.17) is 0 Å². The van der Waals surface area contributed by atoms with E-state index in [0.29, 0.717) is 28.0 Å². The number of nitrogens with one attached hydrogen (secondary N) is 2. The Kier molecular flexibility index (Phi) is 6.61. The molecule has 1 aromatic heterocycles. The molecule has 0 aliphatic rings. The lowest BCUT2D eigenvalue weighted by molar-refractivity contribution is 0.101. The van der Waals surface area contributed by atoms with E-state index in [1.807, 2.05) is 45.9 Å². The van der Waals surface area contributed by atoms with Gasteiger partial charge in [-0.25, -0.2) is 0 Å². The number of fused-ring (bicyclic) bond motifs is 1. The van der Waals surface area contributed by atoms with Crippen LogP contribution in [0.3, 0.4) is 0 Å². The second-order valence-corrected chi connectivity index (χ2v) is 9.28. The molecule has 2 N–H and O–H groups in total. The van der Waals surface area contributed by atoms with Crippen molar-refractivity contribution in [2.75, 3.05) is 10.6 Å². The zero-order valence-corrected chi connectivity index (χ0v) is 20.1. The zero-order valence-electron chi connectivity index (χ0n) is 20.1. The molecule has 6 nitrogen and oxygen atoms in total. The Morgan fingerprint density at radius 1 is 0.800 bits per heavy atom. The summed E-state index contributed by atoms with van der Waals surface area (Å²) in [7, 11) is 0. The molecule has 0 saturated carbocycles. The molecule has 0 unspecified atom stereocenters. The molecule has 0 saturated heterocycles. The zero-order chi connectivity index (χ0) is 25.0. The largest absolute Gasteiger partial charge is 0.322 e. The van der Waals surface area contributed by atoms with Gasteiger partial charge in [0, 0.05) is 45.9 Å². The summed E-state index contributed by atoms with van der Waals surface area (Å²) >= 11 is 0. The first kappa shape index (κ1) is 23.7. The quantitative estimate of drug-likeness (QED) is 0.373. The molecule has 2 amide bonds. The van der Waals surface area contributed by atoms with Crippen molar-refractivity contribution in [2.45, 2.75) is 27.7 Å². The predicted octanol–water partition coefficient (Wildman–Crippen LogP) is 5.84. The van der Waals surface area contributed by atoms with E-state index in [-0.39, 0.29) is 17.2 Å². The lowest BCUT2D eigenvalue weighted by Gasteiger charge is -2.12. The van der Waals surface area contributed by atoms with Crippen LogP contribution in [-0.2, 0) is 0 Å². The van der Waals surface area contributed by atoms with Gasteiger partial charge in [-0.15, -0.1) is 0 Å². The van der Waals surface area contributed by atoms with Crippen LogP contribution in [0, 0.1) is 24.2 Å². The molecule has 4 rings (SSSR count). The van der Waals surface area contributed by atoms with Crippen LogP contribution < -0.4 is 10.6 Å². The van der Waals surface area contributed by atoms with E-state index in [9.17, 15) is 9.59 Å². The second kappa shape index (κ2) is 9.78. The van der Waals surface area contributed by atoms with Gasteiger partial charge in [-0.1, -0.05) is 24.0 Å². The Bertz CT molecular complexity index is 1490. The molecular formula is C29H26N4O2. The summed E-state index contributed by atoms with van der Waals surface area (Å²) in [4.78, 5) is 34.2. The molecule has 35 heavy (non-hydrogen) atoms. The summed E-state index contributed by atoms with van der Waals surface area (Å²) in [5.41, 5.74) is 5.06. The molecule has 4 aromatic rings. The Morgan fingerprint density at radius 2 is 1.51 bits per heavy atom. The van der Waals surface area contributed by atoms with Crippen LogP contribution in [-0.4, -0.2) is 21.8 Å². The minimum Gasteiger partial charge on any atom is -0.322 e. The maximum atomic E-state index is 12.9. The van der Waals surface area contributed by atoms with Crippen LogP contribution in [0.15, 0.2) is 73.1 Å². The van der Waals surface area contributed by atoms with Crippen LogP contribution in [0.4, 0.5) is 11.4 Å². The van der Waals surface area contributed by atoms with Gasteiger partial charge in [0.2, 0.25) is 0 Å². The molecule has 0 aliphatic carbocycles. The molecular weight excluding hydrogens is 436 g/mol. The van der Waals surface area contributed by atoms with Gasteiger partial charge in [0.25, 0.3) is 11.8 Å². The molecule has 174 valence electrons. The highest BCUT2D eigenvalue weighted by Crippen LogP contribution is 2.22. The number of carbonyl (C=O) groups is 2. The van der Waals surface area contributed by atoms with Gasteiger partial charge in [-0.3, -0.25) is 19.6 Å². The second-order valence-electron chi connectivity index (χ2n) is 9.28. The summed E-state index contributed by atoms with van der Waals surface area (Å²) in [6.07, 6.45) is 3.20. The van der Waals surface area contributed by atoms with Crippen molar-refractivity contribution in [3.8, 4) is 11.8 Å². The van der Waals surface area contributed by atoms with Crippen LogP contribution in [0.5, 0.6) is 0 Å². The fourth-order valence-corrected chi connectivity index (χ4v) is 3.33. The van der Waals surface area contributed by atoms with Crippen molar-refractivity contribution < 1.29 is 9.59 Å². The average molecular weight is 463 g/mol. The average Bonchev–Trinajstić information content (AvgIpc) is 2.84. The minimum absolute atomic E-state index is 0.124.